The zero-order valence-corrected chi connectivity index (χ0v) is 6.31. The fourth-order valence-electron chi connectivity index (χ4n) is 2.25. The molecular formula is C8H13NO. The smallest absolute Gasteiger partial charge is 0.223 e. The van der Waals surface area contributed by atoms with Crippen LogP contribution in [0.15, 0.2) is 0 Å². The second-order valence-corrected chi connectivity index (χ2v) is 3.52. The summed E-state index contributed by atoms with van der Waals surface area (Å²) in [7, 11) is 0. The Labute approximate surface area is 61.0 Å². The monoisotopic (exact) mass is 139 g/mol. The summed E-state index contributed by atoms with van der Waals surface area (Å²) in [5, 5.41) is 2.93. The van der Waals surface area contributed by atoms with Crippen LogP contribution in [0.2, 0.25) is 0 Å². The maximum absolute atomic E-state index is 11.1. The molecule has 10 heavy (non-hydrogen) atoms. The minimum Gasteiger partial charge on any atom is -0.355 e. The Morgan fingerprint density at radius 3 is 2.90 bits per heavy atom. The Bertz CT molecular complexity index is 174. The third-order valence-electron chi connectivity index (χ3n) is 3.31. The molecule has 0 spiro atoms. The molecule has 1 aliphatic carbocycles. The van der Waals surface area contributed by atoms with Gasteiger partial charge in [-0.3, -0.25) is 4.79 Å². The predicted octanol–water partition coefficient (Wildman–Crippen LogP) is 0.923. The van der Waals surface area contributed by atoms with Crippen molar-refractivity contribution in [3.8, 4) is 0 Å². The van der Waals surface area contributed by atoms with Gasteiger partial charge >= 0.3 is 0 Å². The third-order valence-corrected chi connectivity index (χ3v) is 3.31. The van der Waals surface area contributed by atoms with E-state index in [0.717, 1.165) is 19.4 Å². The number of amides is 1. The zero-order chi connectivity index (χ0) is 7.19. The number of fused-ring (bicyclic) bond motifs is 1. The second kappa shape index (κ2) is 1.74. The summed E-state index contributed by atoms with van der Waals surface area (Å²) in [5.74, 6) is 0.672. The van der Waals surface area contributed by atoms with Crippen LogP contribution in [-0.2, 0) is 4.79 Å². The van der Waals surface area contributed by atoms with Crippen LogP contribution in [0, 0.1) is 11.3 Å². The first-order valence-electron chi connectivity index (χ1n) is 4.06. The summed E-state index contributed by atoms with van der Waals surface area (Å²) in [6.07, 6.45) is 3.54. The van der Waals surface area contributed by atoms with E-state index < -0.39 is 0 Å². The Balaban J connectivity index is 2.19. The van der Waals surface area contributed by atoms with Gasteiger partial charge in [-0.15, -0.1) is 0 Å². The molecule has 0 aromatic carbocycles. The first-order chi connectivity index (χ1) is 4.78. The van der Waals surface area contributed by atoms with Crippen molar-refractivity contribution in [1.82, 2.24) is 5.32 Å². The molecule has 1 saturated heterocycles. The highest BCUT2D eigenvalue weighted by Crippen LogP contribution is 2.51. The highest BCUT2D eigenvalue weighted by molar-refractivity contribution is 5.83. The number of carbonyl (C=O) groups is 1. The fraction of sp³-hybridized carbons (Fsp3) is 0.875. The molecule has 0 aromatic heterocycles. The number of carbonyl (C=O) groups excluding carboxylic acids is 1. The van der Waals surface area contributed by atoms with E-state index in [-0.39, 0.29) is 0 Å². The normalized spacial score (nSPS) is 44.1. The van der Waals surface area contributed by atoms with Gasteiger partial charge in [-0.1, -0.05) is 6.92 Å². The van der Waals surface area contributed by atoms with Gasteiger partial charge in [0.05, 0.1) is 0 Å². The van der Waals surface area contributed by atoms with E-state index in [1.807, 2.05) is 0 Å². The summed E-state index contributed by atoms with van der Waals surface area (Å²) >= 11 is 0. The Morgan fingerprint density at radius 2 is 2.60 bits per heavy atom. The van der Waals surface area contributed by atoms with Crippen molar-refractivity contribution in [3.05, 3.63) is 0 Å². The van der Waals surface area contributed by atoms with E-state index >= 15 is 0 Å². The standard InChI is InChI=1S/C8H13NO/c1-2-8-4-3-6(8)7(10)9-5-8/h6H,2-5H2,1H3,(H,9,10). The third kappa shape index (κ3) is 0.522. The molecule has 0 bridgehead atoms. The van der Waals surface area contributed by atoms with E-state index in [0.29, 0.717) is 17.2 Å². The maximum atomic E-state index is 11.1. The van der Waals surface area contributed by atoms with E-state index in [1.54, 1.807) is 0 Å². The summed E-state index contributed by atoms with van der Waals surface area (Å²) < 4.78 is 0. The van der Waals surface area contributed by atoms with Gasteiger partial charge in [0.15, 0.2) is 0 Å². The minimum atomic E-state index is 0.299. The Kier molecular flexibility index (Phi) is 1.08. The number of hydrogen-bond donors (Lipinski definition) is 1. The molecule has 1 aliphatic heterocycles. The molecule has 2 heteroatoms. The van der Waals surface area contributed by atoms with E-state index in [4.69, 9.17) is 0 Å². The first-order valence-corrected chi connectivity index (χ1v) is 4.06. The first kappa shape index (κ1) is 6.20. The number of hydrogen-bond acceptors (Lipinski definition) is 1. The van der Waals surface area contributed by atoms with Gasteiger partial charge in [0.25, 0.3) is 0 Å². The van der Waals surface area contributed by atoms with Gasteiger partial charge in [0, 0.05) is 12.5 Å². The predicted molar refractivity (Wildman–Crippen MR) is 38.5 cm³/mol. The average molecular weight is 139 g/mol. The van der Waals surface area contributed by atoms with E-state index in [2.05, 4.69) is 12.2 Å². The molecule has 0 radical (unpaired) electrons. The molecule has 1 N–H and O–H groups in total. The molecule has 2 nitrogen and oxygen atoms in total. The fourth-order valence-corrected chi connectivity index (χ4v) is 2.25. The Hall–Kier alpha value is -0.530. The van der Waals surface area contributed by atoms with Crippen molar-refractivity contribution in [1.29, 1.82) is 0 Å². The van der Waals surface area contributed by atoms with Gasteiger partial charge in [-0.05, 0) is 24.7 Å². The van der Waals surface area contributed by atoms with Crippen LogP contribution in [0.5, 0.6) is 0 Å². The van der Waals surface area contributed by atoms with Gasteiger partial charge in [0.1, 0.15) is 0 Å². The van der Waals surface area contributed by atoms with Crippen molar-refractivity contribution in [2.24, 2.45) is 11.3 Å². The highest BCUT2D eigenvalue weighted by atomic mass is 16.2. The zero-order valence-electron chi connectivity index (χ0n) is 6.31. The van der Waals surface area contributed by atoms with Crippen LogP contribution in [-0.4, -0.2) is 12.5 Å². The molecule has 2 rings (SSSR count). The highest BCUT2D eigenvalue weighted by Gasteiger charge is 2.53. The lowest BCUT2D eigenvalue weighted by Gasteiger charge is -2.41. The van der Waals surface area contributed by atoms with Crippen molar-refractivity contribution in [3.63, 3.8) is 0 Å². The maximum Gasteiger partial charge on any atom is 0.223 e. The number of nitrogens with one attached hydrogen (secondary N) is 1. The average Bonchev–Trinajstić information content (AvgIpc) is 2.06. The van der Waals surface area contributed by atoms with Crippen LogP contribution in [0.4, 0.5) is 0 Å². The molecule has 0 aromatic rings. The van der Waals surface area contributed by atoms with Crippen molar-refractivity contribution in [2.45, 2.75) is 26.2 Å². The second-order valence-electron chi connectivity index (χ2n) is 3.52. The number of rotatable bonds is 1. The molecular weight excluding hydrogens is 126 g/mol. The molecule has 1 saturated carbocycles. The van der Waals surface area contributed by atoms with Crippen LogP contribution < -0.4 is 5.32 Å². The van der Waals surface area contributed by atoms with Gasteiger partial charge in [0.2, 0.25) is 5.91 Å². The lowest BCUT2D eigenvalue weighted by molar-refractivity contribution is -0.127. The lowest BCUT2D eigenvalue weighted by Crippen LogP contribution is -2.39. The summed E-state index contributed by atoms with van der Waals surface area (Å²) in [6, 6.07) is 0. The van der Waals surface area contributed by atoms with Crippen LogP contribution in [0.3, 0.4) is 0 Å². The van der Waals surface area contributed by atoms with Gasteiger partial charge in [-0.25, -0.2) is 0 Å². The molecule has 1 amide bonds. The molecule has 2 aliphatic rings. The topological polar surface area (TPSA) is 29.1 Å². The SMILES string of the molecule is CCC12CCC1C(=O)NC2. The lowest BCUT2D eigenvalue weighted by atomic mass is 9.60. The van der Waals surface area contributed by atoms with Crippen LogP contribution in [0.25, 0.3) is 0 Å². The molecule has 2 unspecified atom stereocenters. The van der Waals surface area contributed by atoms with Gasteiger partial charge < -0.3 is 5.32 Å². The van der Waals surface area contributed by atoms with E-state index in [9.17, 15) is 4.79 Å². The largest absolute Gasteiger partial charge is 0.355 e. The van der Waals surface area contributed by atoms with E-state index in [1.165, 1.54) is 6.42 Å². The summed E-state index contributed by atoms with van der Waals surface area (Å²) in [6.45, 7) is 3.12. The molecule has 2 fully saturated rings. The summed E-state index contributed by atoms with van der Waals surface area (Å²) in [4.78, 5) is 11.1. The van der Waals surface area contributed by atoms with Crippen molar-refractivity contribution < 1.29 is 4.79 Å². The van der Waals surface area contributed by atoms with Crippen LogP contribution >= 0.6 is 0 Å². The Morgan fingerprint density at radius 1 is 1.80 bits per heavy atom. The minimum absolute atomic E-state index is 0.299. The van der Waals surface area contributed by atoms with Gasteiger partial charge in [-0.2, -0.15) is 0 Å². The van der Waals surface area contributed by atoms with Crippen molar-refractivity contribution in [2.75, 3.05) is 6.54 Å². The molecule has 56 valence electrons. The quantitative estimate of drug-likeness (QED) is 0.575. The van der Waals surface area contributed by atoms with Crippen LogP contribution in [0.1, 0.15) is 26.2 Å². The molecule has 2 atom stereocenters. The van der Waals surface area contributed by atoms with Crippen molar-refractivity contribution >= 4 is 5.91 Å². The summed E-state index contributed by atoms with van der Waals surface area (Å²) in [5.41, 5.74) is 0.386. The molecule has 1 heterocycles.